The lowest BCUT2D eigenvalue weighted by Crippen LogP contribution is -2.42. The first kappa shape index (κ1) is 58.3. The van der Waals surface area contributed by atoms with Gasteiger partial charge in [0.05, 0.1) is 35.4 Å². The Balaban J connectivity index is 0.973. The lowest BCUT2D eigenvalue weighted by Gasteiger charge is -2.27. The number of para-hydroxylation sites is 2. The zero-order valence-corrected chi connectivity index (χ0v) is 47.6. The molecular formula is C60H66N9O11S2+. The molecule has 4 heterocycles. The number of fused-ring (bicyclic) bond motifs is 3. The van der Waals surface area contributed by atoms with Crippen molar-refractivity contribution in [3.63, 3.8) is 0 Å². The van der Waals surface area contributed by atoms with Gasteiger partial charge in [-0.25, -0.2) is 14.8 Å². The molecule has 0 bridgehead atoms. The number of unbranched alkanes of at least 4 members (excludes halogenated alkanes) is 1. The number of nitrogen functional groups attached to an aromatic ring is 1. The van der Waals surface area contributed by atoms with E-state index in [1.54, 1.807) is 48.5 Å². The summed E-state index contributed by atoms with van der Waals surface area (Å²) in [6.07, 6.45) is 12.9. The van der Waals surface area contributed by atoms with Crippen LogP contribution < -0.4 is 31.6 Å². The monoisotopic (exact) mass is 1170 g/mol. The van der Waals surface area contributed by atoms with Crippen LogP contribution in [0.4, 0.5) is 23.0 Å². The van der Waals surface area contributed by atoms with E-state index < -0.39 is 54.5 Å². The smallest absolute Gasteiger partial charge is 0.326 e. The molecule has 1 amide bonds. The van der Waals surface area contributed by atoms with Crippen LogP contribution in [0.3, 0.4) is 0 Å². The minimum atomic E-state index is -4.18. The number of nitrogens with zero attached hydrogens (tertiary/aromatic N) is 5. The van der Waals surface area contributed by atoms with Crippen LogP contribution in [0.15, 0.2) is 155 Å². The van der Waals surface area contributed by atoms with Gasteiger partial charge in [0, 0.05) is 65.1 Å². The average molecular weight is 1170 g/mol. The second-order valence-electron chi connectivity index (χ2n) is 21.6. The van der Waals surface area contributed by atoms with E-state index in [2.05, 4.69) is 110 Å². The van der Waals surface area contributed by atoms with E-state index in [0.29, 0.717) is 60.8 Å². The molecule has 82 heavy (non-hydrogen) atoms. The molecule has 4 aromatic carbocycles. The Hall–Kier alpha value is -8.31. The summed E-state index contributed by atoms with van der Waals surface area (Å²) >= 11 is 0. The number of hydrogen-bond donors (Lipinski definition) is 7. The molecule has 1 atom stereocenters. The van der Waals surface area contributed by atoms with E-state index in [0.717, 1.165) is 51.5 Å². The summed E-state index contributed by atoms with van der Waals surface area (Å²) in [5.41, 5.74) is 14.3. The number of hydrogen-bond acceptors (Lipinski definition) is 14. The van der Waals surface area contributed by atoms with Crippen LogP contribution in [0, 0.1) is 0 Å². The second-order valence-corrected chi connectivity index (χ2v) is 24.8. The van der Waals surface area contributed by atoms with Gasteiger partial charge in [-0.3, -0.25) is 23.7 Å². The first-order valence-corrected chi connectivity index (χ1v) is 30.2. The zero-order chi connectivity index (χ0) is 58.6. The van der Waals surface area contributed by atoms with Crippen molar-refractivity contribution in [2.75, 3.05) is 40.5 Å². The van der Waals surface area contributed by atoms with Crippen molar-refractivity contribution in [1.82, 2.24) is 25.3 Å². The normalized spacial score (nSPS) is 17.2. The molecule has 0 saturated heterocycles. The number of ether oxygens (including phenoxy) is 1. The Bertz CT molecular complexity index is 3910. The molecule has 22 heteroatoms. The summed E-state index contributed by atoms with van der Waals surface area (Å²) in [7, 11) is -8.30. The summed E-state index contributed by atoms with van der Waals surface area (Å²) in [5, 5.41) is 16.1. The predicted octanol–water partition coefficient (Wildman–Crippen LogP) is 8.34. The predicted molar refractivity (Wildman–Crippen MR) is 315 cm³/mol. The Labute approximate surface area is 475 Å². The van der Waals surface area contributed by atoms with Crippen molar-refractivity contribution < 1.29 is 49.9 Å². The molecule has 0 radical (unpaired) electrons. The number of H-pyrrole nitrogens is 1. The number of benzene rings is 4. The lowest BCUT2D eigenvalue weighted by atomic mass is 9.81. The number of carbonyl (C=O) groups is 2. The van der Waals surface area contributed by atoms with Crippen LogP contribution in [-0.2, 0) is 48.8 Å². The van der Waals surface area contributed by atoms with Gasteiger partial charge < -0.3 is 31.1 Å². The van der Waals surface area contributed by atoms with Gasteiger partial charge in [0.25, 0.3) is 31.7 Å². The largest absolute Gasteiger partial charge is 0.480 e. The quantitative estimate of drug-likeness (QED) is 0.0191. The molecular weight excluding hydrogens is 1100 g/mol. The van der Waals surface area contributed by atoms with Gasteiger partial charge in [-0.15, -0.1) is 0 Å². The standard InChI is InChI=1S/C60H65N9O11S2/c1-59(2)45-15-5-7-17-48(45)68(31-9-10-33-81(74,75)76)50(59)29-23-39-13-11-14-40(24-30-51-60(3,4)46-16-6-8-18-49(46)69(51)32-12-34-82(77,78)79)53(39)80-44-27-19-38(20-28-44)35-47(57(72)73)65-55(70)41-21-25-42(26-22-41)62-36-43-37-63-54-52(64-43)56(71)67-58(61)66-54/h5-8,15-30,37,47H,9-14,31-36H2,1-4H3,(H7-,61,62,63,65,66,67,70,71,72,73,74,75,76,77,78,79)/p+1/t47-/m0/s1/i19+2,20+2,27+2,28+2,35+2,38+2,44+2,47+2,57+2. The molecule has 6 aromatic rings. The number of aromatic nitrogens is 4. The average Bonchev–Trinajstić information content (AvgIpc) is 2.66. The highest BCUT2D eigenvalue weighted by Crippen LogP contribution is 2.48. The number of rotatable bonds is 22. The maximum Gasteiger partial charge on any atom is 0.326 e. The van der Waals surface area contributed by atoms with Gasteiger partial charge in [-0.05, 0) is 123 Å². The minimum Gasteiger partial charge on any atom is -0.480 e. The number of carboxylic acids is 1. The van der Waals surface area contributed by atoms with Crippen LogP contribution >= 0.6 is 0 Å². The van der Waals surface area contributed by atoms with Gasteiger partial charge in [0.15, 0.2) is 16.9 Å². The van der Waals surface area contributed by atoms with Crippen molar-refractivity contribution in [3.8, 4) is 5.75 Å². The van der Waals surface area contributed by atoms with Crippen molar-refractivity contribution in [1.29, 1.82) is 0 Å². The third-order valence-electron chi connectivity index (χ3n) is 15.1. The number of allylic oxidation sites excluding steroid dienone is 7. The van der Waals surface area contributed by atoms with Crippen molar-refractivity contribution >= 4 is 72.0 Å². The summed E-state index contributed by atoms with van der Waals surface area (Å²) in [6, 6.07) is 28.4. The van der Waals surface area contributed by atoms with E-state index in [4.69, 9.17) is 10.5 Å². The number of carbonyl (C=O) groups excluding carboxylic acids is 1. The Morgan fingerprint density at radius 2 is 1.61 bits per heavy atom. The number of aliphatic carboxylic acids is 1. The highest BCUT2D eigenvalue weighted by atomic mass is 32.2. The Morgan fingerprint density at radius 3 is 2.33 bits per heavy atom. The fourth-order valence-corrected chi connectivity index (χ4v) is 12.0. The third kappa shape index (κ3) is 13.5. The minimum absolute atomic E-state index is 0.0316. The number of carboxylic acid groups (broad SMARTS) is 1. The Kier molecular flexibility index (Phi) is 17.1. The molecule has 0 unspecified atom stereocenters. The highest BCUT2D eigenvalue weighted by Gasteiger charge is 2.44. The van der Waals surface area contributed by atoms with Crippen LogP contribution in [0.5, 0.6) is 5.75 Å². The highest BCUT2D eigenvalue weighted by molar-refractivity contribution is 7.86. The van der Waals surface area contributed by atoms with Crippen molar-refractivity contribution in [2.24, 2.45) is 0 Å². The molecule has 8 N–H and O–H groups in total. The topological polar surface area (TPSA) is 300 Å². The van der Waals surface area contributed by atoms with Gasteiger partial charge in [-0.1, -0.05) is 68.5 Å². The number of amides is 1. The van der Waals surface area contributed by atoms with E-state index in [9.17, 15) is 45.4 Å². The molecule has 428 valence electrons. The summed E-state index contributed by atoms with van der Waals surface area (Å²) in [6.45, 7) is 9.63. The van der Waals surface area contributed by atoms with E-state index in [-0.39, 0.29) is 60.0 Å². The van der Waals surface area contributed by atoms with Crippen LogP contribution in [0.2, 0.25) is 0 Å². The van der Waals surface area contributed by atoms with Gasteiger partial charge in [0.1, 0.15) is 24.1 Å². The SMILES string of the molecule is CC1(C)C(/C=C/C2=C(O[14c]3[14cH][14cH][14c]([14CH2][14C@H](NC(=O)c4ccc(NCc5cnc6nc(N)[nH]c(=O)c6n5)cc4)[14C](=O)O)[14cH][14cH]3)C(=C/C=C3/N(CCCCS(=O)(=O)O)c4ccccc4C3(C)C)/CCC2)=[N+](CCCS(=O)(=O)O)c2ccccc21. The van der Waals surface area contributed by atoms with Crippen molar-refractivity contribution in [3.05, 3.63) is 188 Å². The number of aromatic amines is 1. The van der Waals surface area contributed by atoms with Gasteiger partial charge in [-0.2, -0.15) is 26.4 Å². The van der Waals surface area contributed by atoms with Crippen LogP contribution in [-0.4, -0.2) is 104 Å². The first-order valence-electron chi connectivity index (χ1n) is 27.0. The second kappa shape index (κ2) is 24.0. The van der Waals surface area contributed by atoms with E-state index in [1.165, 1.54) is 6.20 Å². The first-order chi connectivity index (χ1) is 38.9. The number of nitrogens with one attached hydrogen (secondary N) is 3. The molecule has 2 aromatic heterocycles. The number of nitrogens with two attached hydrogens (primary N) is 1. The summed E-state index contributed by atoms with van der Waals surface area (Å²) < 4.78 is 75.0. The molecule has 0 fully saturated rings. The van der Waals surface area contributed by atoms with Gasteiger partial charge >= 0.3 is 5.97 Å². The summed E-state index contributed by atoms with van der Waals surface area (Å²) in [5.74, 6) is -1.47. The fraction of sp³-hybridized carbons (Fsp3) is 0.317. The zero-order valence-electron chi connectivity index (χ0n) is 45.9. The molecule has 2 aliphatic heterocycles. The third-order valence-corrected chi connectivity index (χ3v) is 16.7. The lowest BCUT2D eigenvalue weighted by molar-refractivity contribution is -0.437. The molecule has 3 aliphatic rings. The number of anilines is 3. The molecule has 1 aliphatic carbocycles. The van der Waals surface area contributed by atoms with E-state index in [1.807, 2.05) is 30.3 Å². The van der Waals surface area contributed by atoms with Gasteiger partial charge in [0.2, 0.25) is 11.6 Å². The van der Waals surface area contributed by atoms with Crippen LogP contribution in [0.25, 0.3) is 11.2 Å². The Morgan fingerprint density at radius 1 is 0.915 bits per heavy atom. The summed E-state index contributed by atoms with van der Waals surface area (Å²) in [4.78, 5) is 55.5. The van der Waals surface area contributed by atoms with Crippen molar-refractivity contribution in [2.45, 2.75) is 96.1 Å². The maximum atomic E-state index is 13.5. The molecule has 0 saturated carbocycles. The van der Waals surface area contributed by atoms with E-state index >= 15 is 0 Å². The molecule has 0 spiro atoms. The fourth-order valence-electron chi connectivity index (χ4n) is 10.9. The molecule has 20 nitrogen and oxygen atoms in total. The maximum absolute atomic E-state index is 13.5. The van der Waals surface area contributed by atoms with Crippen LogP contribution in [0.1, 0.15) is 99.0 Å². The molecule has 9 rings (SSSR count).